The van der Waals surface area contributed by atoms with E-state index in [1.54, 1.807) is 6.07 Å². The summed E-state index contributed by atoms with van der Waals surface area (Å²) in [7, 11) is 1.95. The number of nitrogens with zero attached hydrogens (tertiary/aromatic N) is 2. The number of fused-ring (bicyclic) bond motifs is 1. The third-order valence-electron chi connectivity index (χ3n) is 5.32. The summed E-state index contributed by atoms with van der Waals surface area (Å²) in [6.07, 6.45) is 4.41. The van der Waals surface area contributed by atoms with Crippen LogP contribution in [-0.4, -0.2) is 42.5 Å². The zero-order chi connectivity index (χ0) is 17.4. The van der Waals surface area contributed by atoms with Crippen molar-refractivity contribution < 1.29 is 9.18 Å². The number of likely N-dealkylation sites (tertiary alicyclic amines) is 1. The standard InChI is InChI=1S/C20H24FN3O/c1-22-11-13-3-2-8-24(12-13)20(25)17-10-19(14-4-5-14)23-18-7-6-15(21)9-16(17)18/h6-7,9-10,13-14,22H,2-5,8,11-12H2,1H3. The third-order valence-corrected chi connectivity index (χ3v) is 5.32. The van der Waals surface area contributed by atoms with Crippen LogP contribution in [0.1, 0.15) is 47.7 Å². The van der Waals surface area contributed by atoms with Gasteiger partial charge in [-0.3, -0.25) is 9.78 Å². The molecule has 1 aromatic carbocycles. The molecule has 132 valence electrons. The number of aromatic nitrogens is 1. The van der Waals surface area contributed by atoms with Crippen LogP contribution in [0.4, 0.5) is 4.39 Å². The van der Waals surface area contributed by atoms with Gasteiger partial charge in [-0.05, 0) is 69.5 Å². The molecule has 1 saturated heterocycles. The van der Waals surface area contributed by atoms with Crippen molar-refractivity contribution in [2.75, 3.05) is 26.7 Å². The van der Waals surface area contributed by atoms with E-state index in [0.29, 0.717) is 22.8 Å². The Morgan fingerprint density at radius 1 is 1.32 bits per heavy atom. The van der Waals surface area contributed by atoms with Crippen molar-refractivity contribution in [3.05, 3.63) is 41.3 Å². The van der Waals surface area contributed by atoms with Crippen molar-refractivity contribution in [3.63, 3.8) is 0 Å². The molecule has 4 nitrogen and oxygen atoms in total. The quantitative estimate of drug-likeness (QED) is 0.928. The van der Waals surface area contributed by atoms with Gasteiger partial charge in [-0.1, -0.05) is 0 Å². The Morgan fingerprint density at radius 2 is 2.16 bits per heavy atom. The first-order valence-corrected chi connectivity index (χ1v) is 9.20. The average molecular weight is 341 g/mol. The highest BCUT2D eigenvalue weighted by Gasteiger charge is 2.29. The fourth-order valence-electron chi connectivity index (χ4n) is 3.86. The summed E-state index contributed by atoms with van der Waals surface area (Å²) >= 11 is 0. The number of benzene rings is 1. The number of carbonyl (C=O) groups excluding carboxylic acids is 1. The van der Waals surface area contributed by atoms with Gasteiger partial charge in [-0.15, -0.1) is 0 Å². The van der Waals surface area contributed by atoms with Crippen LogP contribution in [-0.2, 0) is 0 Å². The number of hydrogen-bond acceptors (Lipinski definition) is 3. The molecule has 1 saturated carbocycles. The Morgan fingerprint density at radius 3 is 2.92 bits per heavy atom. The van der Waals surface area contributed by atoms with Gasteiger partial charge in [0.2, 0.25) is 0 Å². The number of rotatable bonds is 4. The molecule has 1 unspecified atom stereocenters. The number of hydrogen-bond donors (Lipinski definition) is 1. The van der Waals surface area contributed by atoms with E-state index in [4.69, 9.17) is 0 Å². The van der Waals surface area contributed by atoms with E-state index in [9.17, 15) is 9.18 Å². The first kappa shape index (κ1) is 16.5. The zero-order valence-electron chi connectivity index (χ0n) is 14.6. The van der Waals surface area contributed by atoms with E-state index in [2.05, 4.69) is 10.3 Å². The van der Waals surface area contributed by atoms with Crippen molar-refractivity contribution >= 4 is 16.8 Å². The molecule has 5 heteroatoms. The smallest absolute Gasteiger partial charge is 0.254 e. The SMILES string of the molecule is CNCC1CCCN(C(=O)c2cc(C3CC3)nc3ccc(F)cc23)C1. The van der Waals surface area contributed by atoms with Crippen LogP contribution in [0.3, 0.4) is 0 Å². The number of piperidine rings is 1. The molecule has 0 radical (unpaired) electrons. The second kappa shape index (κ2) is 6.71. The summed E-state index contributed by atoms with van der Waals surface area (Å²) in [5.41, 5.74) is 2.31. The Hall–Kier alpha value is -2.01. The lowest BCUT2D eigenvalue weighted by atomic mass is 9.96. The zero-order valence-corrected chi connectivity index (χ0v) is 14.6. The van der Waals surface area contributed by atoms with Gasteiger partial charge < -0.3 is 10.2 Å². The van der Waals surface area contributed by atoms with Crippen LogP contribution >= 0.6 is 0 Å². The number of pyridine rings is 1. The van der Waals surface area contributed by atoms with E-state index < -0.39 is 0 Å². The van der Waals surface area contributed by atoms with Gasteiger partial charge in [0.1, 0.15) is 5.82 Å². The molecule has 1 aliphatic heterocycles. The second-order valence-corrected chi connectivity index (χ2v) is 7.35. The lowest BCUT2D eigenvalue weighted by molar-refractivity contribution is 0.0676. The highest BCUT2D eigenvalue weighted by molar-refractivity contribution is 6.06. The minimum absolute atomic E-state index is 0.0145. The van der Waals surface area contributed by atoms with Crippen LogP contribution < -0.4 is 5.32 Å². The van der Waals surface area contributed by atoms with Gasteiger partial charge in [0.15, 0.2) is 0 Å². The lowest BCUT2D eigenvalue weighted by Crippen LogP contribution is -2.42. The molecule has 1 aromatic heterocycles. The molecule has 25 heavy (non-hydrogen) atoms. The monoisotopic (exact) mass is 341 g/mol. The predicted octanol–water partition coefficient (Wildman–Crippen LogP) is 3.32. The van der Waals surface area contributed by atoms with E-state index in [1.165, 1.54) is 12.1 Å². The summed E-state index contributed by atoms with van der Waals surface area (Å²) < 4.78 is 13.8. The summed E-state index contributed by atoms with van der Waals surface area (Å²) in [6.45, 7) is 2.46. The molecule has 2 fully saturated rings. The molecule has 1 amide bonds. The lowest BCUT2D eigenvalue weighted by Gasteiger charge is -2.33. The molecule has 0 bridgehead atoms. The maximum Gasteiger partial charge on any atom is 0.254 e. The highest BCUT2D eigenvalue weighted by Crippen LogP contribution is 2.40. The van der Waals surface area contributed by atoms with Crippen LogP contribution in [0.5, 0.6) is 0 Å². The van der Waals surface area contributed by atoms with Crippen LogP contribution in [0.2, 0.25) is 0 Å². The summed E-state index contributed by atoms with van der Waals surface area (Å²) in [6, 6.07) is 6.46. The Balaban J connectivity index is 1.71. The third kappa shape index (κ3) is 3.38. The maximum absolute atomic E-state index is 13.8. The maximum atomic E-state index is 13.8. The van der Waals surface area contributed by atoms with Gasteiger partial charge in [0, 0.05) is 30.1 Å². The number of amides is 1. The molecule has 1 atom stereocenters. The van der Waals surface area contributed by atoms with Crippen LogP contribution in [0.15, 0.2) is 24.3 Å². The van der Waals surface area contributed by atoms with E-state index in [1.807, 2.05) is 18.0 Å². The second-order valence-electron chi connectivity index (χ2n) is 7.35. The Bertz CT molecular complexity index is 801. The molecular formula is C20H24FN3O. The molecule has 1 aliphatic carbocycles. The molecular weight excluding hydrogens is 317 g/mol. The molecule has 2 heterocycles. The highest BCUT2D eigenvalue weighted by atomic mass is 19.1. The number of halogens is 1. The first-order valence-electron chi connectivity index (χ1n) is 9.20. The van der Waals surface area contributed by atoms with Gasteiger partial charge in [-0.2, -0.15) is 0 Å². The minimum Gasteiger partial charge on any atom is -0.338 e. The van der Waals surface area contributed by atoms with Crippen molar-refractivity contribution in [3.8, 4) is 0 Å². The molecule has 0 spiro atoms. The van der Waals surface area contributed by atoms with E-state index >= 15 is 0 Å². The predicted molar refractivity (Wildman–Crippen MR) is 96.2 cm³/mol. The summed E-state index contributed by atoms with van der Waals surface area (Å²) in [5, 5.41) is 3.84. The number of nitrogens with one attached hydrogen (secondary N) is 1. The van der Waals surface area contributed by atoms with Gasteiger partial charge >= 0.3 is 0 Å². The van der Waals surface area contributed by atoms with Crippen molar-refractivity contribution in [1.82, 2.24) is 15.2 Å². The summed E-state index contributed by atoms with van der Waals surface area (Å²) in [5.74, 6) is 0.629. The average Bonchev–Trinajstić information content (AvgIpc) is 3.46. The molecule has 4 rings (SSSR count). The largest absolute Gasteiger partial charge is 0.338 e. The van der Waals surface area contributed by atoms with Gasteiger partial charge in [0.25, 0.3) is 5.91 Å². The first-order chi connectivity index (χ1) is 12.2. The fraction of sp³-hybridized carbons (Fsp3) is 0.500. The fourth-order valence-corrected chi connectivity index (χ4v) is 3.86. The Kier molecular flexibility index (Phi) is 4.42. The van der Waals surface area contributed by atoms with Crippen LogP contribution in [0.25, 0.3) is 10.9 Å². The van der Waals surface area contributed by atoms with Crippen molar-refractivity contribution in [2.24, 2.45) is 5.92 Å². The topological polar surface area (TPSA) is 45.2 Å². The van der Waals surface area contributed by atoms with Gasteiger partial charge in [0.05, 0.1) is 11.1 Å². The molecule has 2 aliphatic rings. The normalized spacial score (nSPS) is 20.9. The Labute approximate surface area is 147 Å². The van der Waals surface area contributed by atoms with E-state index in [-0.39, 0.29) is 11.7 Å². The van der Waals surface area contributed by atoms with E-state index in [0.717, 1.165) is 56.5 Å². The minimum atomic E-state index is -0.325. The number of carbonyl (C=O) groups is 1. The summed E-state index contributed by atoms with van der Waals surface area (Å²) in [4.78, 5) is 19.8. The molecule has 1 N–H and O–H groups in total. The van der Waals surface area contributed by atoms with Gasteiger partial charge in [-0.25, -0.2) is 4.39 Å². The molecule has 2 aromatic rings. The van der Waals surface area contributed by atoms with Crippen molar-refractivity contribution in [1.29, 1.82) is 0 Å². The van der Waals surface area contributed by atoms with Crippen molar-refractivity contribution in [2.45, 2.75) is 31.6 Å². The van der Waals surface area contributed by atoms with Crippen LogP contribution in [0, 0.1) is 11.7 Å².